The monoisotopic (exact) mass is 293 g/mol. The van der Waals surface area contributed by atoms with Gasteiger partial charge >= 0.3 is 6.18 Å². The number of rotatable bonds is 3. The summed E-state index contributed by atoms with van der Waals surface area (Å²) in [5, 5.41) is 0.615. The third kappa shape index (κ3) is 2.89. The van der Waals surface area contributed by atoms with Gasteiger partial charge in [0.25, 0.3) is 0 Å². The molecule has 0 N–H and O–H groups in total. The van der Waals surface area contributed by atoms with E-state index in [1.54, 1.807) is 6.92 Å². The van der Waals surface area contributed by atoms with Crippen LogP contribution < -0.4 is 0 Å². The van der Waals surface area contributed by atoms with E-state index in [9.17, 15) is 17.4 Å². The average Bonchev–Trinajstić information content (AvgIpc) is 2.68. The van der Waals surface area contributed by atoms with Crippen molar-refractivity contribution < 1.29 is 17.4 Å². The first-order valence-electron chi connectivity index (χ1n) is 5.22. The second kappa shape index (κ2) is 4.97. The van der Waals surface area contributed by atoms with E-state index in [0.29, 0.717) is 26.7 Å². The summed E-state index contributed by atoms with van der Waals surface area (Å²) in [6.45, 7) is 1.80. The van der Waals surface area contributed by atoms with Crippen LogP contribution in [0.25, 0.3) is 10.2 Å². The summed E-state index contributed by atoms with van der Waals surface area (Å²) in [5.74, 6) is 0.820. The smallest absolute Gasteiger partial charge is 0.259 e. The van der Waals surface area contributed by atoms with Crippen LogP contribution >= 0.6 is 11.3 Å². The predicted octanol–water partition coefficient (Wildman–Crippen LogP) is 3.58. The fraction of sp³-hybridized carbons (Fsp3) is 0.364. The van der Waals surface area contributed by atoms with Gasteiger partial charge in [-0.3, -0.25) is 4.21 Å². The lowest BCUT2D eigenvalue weighted by atomic mass is 10.2. The summed E-state index contributed by atoms with van der Waals surface area (Å²) >= 11 is 1.29. The molecule has 1 atom stereocenters. The molecule has 2 aromatic rings. The first-order valence-corrected chi connectivity index (χ1v) is 7.52. The maximum atomic E-state index is 12.5. The third-order valence-electron chi connectivity index (χ3n) is 2.37. The second-order valence-corrected chi connectivity index (χ2v) is 6.52. The standard InChI is InChI=1S/C11H10F3NOS2/c1-2-18(16)6-10-15-8-5-7(11(12,13)14)3-4-9(8)17-10/h3-5H,2,6H2,1H3. The van der Waals surface area contributed by atoms with Gasteiger partial charge in [0.05, 0.1) is 21.5 Å². The minimum Gasteiger partial charge on any atom is -0.259 e. The maximum absolute atomic E-state index is 12.5. The molecule has 0 bridgehead atoms. The molecule has 2 nitrogen and oxygen atoms in total. The normalized spacial score (nSPS) is 14.0. The van der Waals surface area contributed by atoms with Crippen molar-refractivity contribution >= 4 is 32.4 Å². The SMILES string of the molecule is CCS(=O)Cc1nc2cc(C(F)(F)F)ccc2s1. The Morgan fingerprint density at radius 1 is 1.39 bits per heavy atom. The Bertz CT molecular complexity index is 591. The molecule has 1 aromatic carbocycles. The minimum atomic E-state index is -4.36. The van der Waals surface area contributed by atoms with Gasteiger partial charge in [-0.2, -0.15) is 13.2 Å². The van der Waals surface area contributed by atoms with E-state index in [0.717, 1.165) is 12.1 Å². The molecule has 1 heterocycles. The highest BCUT2D eigenvalue weighted by Gasteiger charge is 2.30. The number of hydrogen-bond acceptors (Lipinski definition) is 3. The summed E-state index contributed by atoms with van der Waals surface area (Å²) in [7, 11) is -1.00. The van der Waals surface area contributed by atoms with Gasteiger partial charge in [0.15, 0.2) is 0 Å². The number of nitrogens with zero attached hydrogens (tertiary/aromatic N) is 1. The van der Waals surface area contributed by atoms with E-state index < -0.39 is 22.5 Å². The largest absolute Gasteiger partial charge is 0.416 e. The fourth-order valence-corrected chi connectivity index (χ4v) is 3.37. The van der Waals surface area contributed by atoms with Crippen LogP contribution in [-0.4, -0.2) is 14.9 Å². The highest BCUT2D eigenvalue weighted by Crippen LogP contribution is 2.33. The van der Waals surface area contributed by atoms with E-state index in [2.05, 4.69) is 4.98 Å². The molecule has 18 heavy (non-hydrogen) atoms. The topological polar surface area (TPSA) is 30.0 Å². The average molecular weight is 293 g/mol. The molecule has 1 unspecified atom stereocenters. The molecular weight excluding hydrogens is 283 g/mol. The molecule has 7 heteroatoms. The Hall–Kier alpha value is -0.950. The quantitative estimate of drug-likeness (QED) is 0.865. The van der Waals surface area contributed by atoms with Crippen molar-refractivity contribution in [1.82, 2.24) is 4.98 Å². The van der Waals surface area contributed by atoms with Crippen LogP contribution in [0.2, 0.25) is 0 Å². The molecule has 98 valence electrons. The highest BCUT2D eigenvalue weighted by molar-refractivity contribution is 7.84. The van der Waals surface area contributed by atoms with Crippen LogP contribution in [0.5, 0.6) is 0 Å². The van der Waals surface area contributed by atoms with Crippen LogP contribution in [0.3, 0.4) is 0 Å². The minimum absolute atomic E-state index is 0.303. The van der Waals surface area contributed by atoms with Gasteiger partial charge in [-0.25, -0.2) is 4.98 Å². The van der Waals surface area contributed by atoms with Crippen molar-refractivity contribution in [2.75, 3.05) is 5.75 Å². The van der Waals surface area contributed by atoms with Crippen LogP contribution in [0, 0.1) is 0 Å². The van der Waals surface area contributed by atoms with Gasteiger partial charge in [0, 0.05) is 16.6 Å². The lowest BCUT2D eigenvalue weighted by Gasteiger charge is -2.04. The zero-order chi connectivity index (χ0) is 13.3. The molecular formula is C11H10F3NOS2. The Morgan fingerprint density at radius 3 is 2.72 bits per heavy atom. The lowest BCUT2D eigenvalue weighted by molar-refractivity contribution is -0.137. The molecule has 0 fully saturated rings. The first-order chi connectivity index (χ1) is 8.40. The molecule has 0 saturated carbocycles. The molecule has 0 spiro atoms. The predicted molar refractivity (Wildman–Crippen MR) is 67.0 cm³/mol. The Kier molecular flexibility index (Phi) is 3.72. The van der Waals surface area contributed by atoms with Crippen LogP contribution in [0.1, 0.15) is 17.5 Å². The van der Waals surface area contributed by atoms with E-state index in [-0.39, 0.29) is 0 Å². The number of aromatic nitrogens is 1. The fourth-order valence-electron chi connectivity index (χ4n) is 1.45. The van der Waals surface area contributed by atoms with Gasteiger partial charge in [-0.05, 0) is 18.2 Å². The van der Waals surface area contributed by atoms with Crippen molar-refractivity contribution in [3.63, 3.8) is 0 Å². The number of halogens is 3. The number of thiazole rings is 1. The summed E-state index contributed by atoms with van der Waals surface area (Å²) < 4.78 is 49.6. The Balaban J connectivity index is 2.37. The zero-order valence-corrected chi connectivity index (χ0v) is 11.1. The van der Waals surface area contributed by atoms with Gasteiger partial charge < -0.3 is 0 Å². The van der Waals surface area contributed by atoms with Crippen LogP contribution in [0.4, 0.5) is 13.2 Å². The van der Waals surface area contributed by atoms with Gasteiger partial charge in [0.1, 0.15) is 5.01 Å². The Morgan fingerprint density at radius 2 is 2.11 bits per heavy atom. The van der Waals surface area contributed by atoms with Crippen molar-refractivity contribution in [3.05, 3.63) is 28.8 Å². The number of alkyl halides is 3. The van der Waals surface area contributed by atoms with Crippen LogP contribution in [0.15, 0.2) is 18.2 Å². The van der Waals surface area contributed by atoms with Gasteiger partial charge in [0.2, 0.25) is 0 Å². The van der Waals surface area contributed by atoms with E-state index in [1.165, 1.54) is 17.4 Å². The summed E-state index contributed by atoms with van der Waals surface area (Å²) in [5.41, 5.74) is -0.388. The van der Waals surface area contributed by atoms with Crippen molar-refractivity contribution in [2.24, 2.45) is 0 Å². The number of fused-ring (bicyclic) bond motifs is 1. The van der Waals surface area contributed by atoms with E-state index in [4.69, 9.17) is 0 Å². The van der Waals surface area contributed by atoms with Crippen LogP contribution in [-0.2, 0) is 22.7 Å². The van der Waals surface area contributed by atoms with E-state index in [1.807, 2.05) is 0 Å². The third-order valence-corrected chi connectivity index (χ3v) is 4.82. The zero-order valence-electron chi connectivity index (χ0n) is 9.45. The second-order valence-electron chi connectivity index (χ2n) is 3.66. The molecule has 0 aliphatic rings. The van der Waals surface area contributed by atoms with E-state index >= 15 is 0 Å². The molecule has 0 aliphatic heterocycles. The van der Waals surface area contributed by atoms with Crippen molar-refractivity contribution in [3.8, 4) is 0 Å². The van der Waals surface area contributed by atoms with Gasteiger partial charge in [-0.1, -0.05) is 6.92 Å². The number of hydrogen-bond donors (Lipinski definition) is 0. The summed E-state index contributed by atoms with van der Waals surface area (Å²) in [6, 6.07) is 3.49. The molecule has 2 rings (SSSR count). The molecule has 0 amide bonds. The van der Waals surface area contributed by atoms with Crippen molar-refractivity contribution in [2.45, 2.75) is 18.9 Å². The maximum Gasteiger partial charge on any atom is 0.416 e. The molecule has 0 saturated heterocycles. The summed E-state index contributed by atoms with van der Waals surface area (Å²) in [6.07, 6.45) is -4.36. The van der Waals surface area contributed by atoms with Crippen molar-refractivity contribution in [1.29, 1.82) is 0 Å². The Labute approximate surface area is 108 Å². The lowest BCUT2D eigenvalue weighted by Crippen LogP contribution is -2.04. The first kappa shape index (κ1) is 13.5. The molecule has 0 aliphatic carbocycles. The highest BCUT2D eigenvalue weighted by atomic mass is 32.2. The summed E-state index contributed by atoms with van der Waals surface area (Å²) in [4.78, 5) is 4.10. The number of benzene rings is 1. The molecule has 1 aromatic heterocycles. The van der Waals surface area contributed by atoms with Gasteiger partial charge in [-0.15, -0.1) is 11.3 Å². The molecule has 0 radical (unpaired) electrons.